The highest BCUT2D eigenvalue weighted by atomic mass is 35.5. The van der Waals surface area contributed by atoms with Crippen LogP contribution in [0.4, 0.5) is 13.2 Å². The van der Waals surface area contributed by atoms with E-state index in [1.165, 1.54) is 30.8 Å². The van der Waals surface area contributed by atoms with Crippen LogP contribution in [0, 0.1) is 0 Å². The first-order valence-electron chi connectivity index (χ1n) is 5.63. The molecule has 0 saturated heterocycles. The Morgan fingerprint density at radius 3 is 2.70 bits per heavy atom. The smallest absolute Gasteiger partial charge is 0.406 e. The molecule has 1 aromatic rings. The second-order valence-corrected chi connectivity index (χ2v) is 5.44. The second-order valence-electron chi connectivity index (χ2n) is 3.76. The molecule has 0 aliphatic rings. The summed E-state index contributed by atoms with van der Waals surface area (Å²) in [7, 11) is 0. The quantitative estimate of drug-likeness (QED) is 0.719. The minimum atomic E-state index is -4.73. The Hall–Kier alpha value is -1.14. The second kappa shape index (κ2) is 7.59. The summed E-state index contributed by atoms with van der Waals surface area (Å²) in [6.07, 6.45) is -0.562. The lowest BCUT2D eigenvalue weighted by Gasteiger charge is -2.09. The number of alkyl halides is 3. The van der Waals surface area contributed by atoms with Gasteiger partial charge in [0, 0.05) is 12.7 Å². The lowest BCUT2D eigenvalue weighted by atomic mass is 10.2. The maximum Gasteiger partial charge on any atom is 0.573 e. The number of thioether (sulfide) groups is 1. The van der Waals surface area contributed by atoms with Crippen molar-refractivity contribution < 1.29 is 22.7 Å². The van der Waals surface area contributed by atoms with Crippen molar-refractivity contribution in [3.63, 3.8) is 0 Å². The summed E-state index contributed by atoms with van der Waals surface area (Å²) < 4.78 is 39.8. The highest BCUT2D eigenvalue weighted by molar-refractivity contribution is 8.13. The van der Waals surface area contributed by atoms with Gasteiger partial charge in [-0.1, -0.05) is 35.5 Å². The van der Waals surface area contributed by atoms with Crippen molar-refractivity contribution in [2.24, 2.45) is 0 Å². The van der Waals surface area contributed by atoms with Crippen LogP contribution in [0.15, 0.2) is 24.3 Å². The maximum absolute atomic E-state index is 12.0. The highest BCUT2D eigenvalue weighted by Crippen LogP contribution is 2.28. The molecule has 0 N–H and O–H groups in total. The summed E-state index contributed by atoms with van der Waals surface area (Å²) in [5, 5.41) is 0.215. The molecule has 0 heterocycles. The largest absolute Gasteiger partial charge is 0.573 e. The standard InChI is InChI=1S/C13H12ClF3O2S/c1-9(18)20-7-3-2-4-10-5-6-11(8-12(10)14)19-13(15,16)17/h2,4-6,8H,3,7H2,1H3. The van der Waals surface area contributed by atoms with Crippen molar-refractivity contribution in [1.82, 2.24) is 0 Å². The van der Waals surface area contributed by atoms with Gasteiger partial charge in [-0.05, 0) is 30.2 Å². The van der Waals surface area contributed by atoms with Gasteiger partial charge in [-0.3, -0.25) is 4.79 Å². The summed E-state index contributed by atoms with van der Waals surface area (Å²) in [5.74, 6) is 0.297. The zero-order valence-electron chi connectivity index (χ0n) is 10.5. The number of allylic oxidation sites excluding steroid dienone is 1. The van der Waals surface area contributed by atoms with Gasteiger partial charge in [0.05, 0.1) is 5.02 Å². The first kappa shape index (κ1) is 16.9. The van der Waals surface area contributed by atoms with Crippen molar-refractivity contribution in [1.29, 1.82) is 0 Å². The van der Waals surface area contributed by atoms with Gasteiger partial charge in [0.1, 0.15) is 5.75 Å². The minimum absolute atomic E-state index is 0.0464. The lowest BCUT2D eigenvalue weighted by Crippen LogP contribution is -2.17. The van der Waals surface area contributed by atoms with E-state index in [4.69, 9.17) is 11.6 Å². The minimum Gasteiger partial charge on any atom is -0.406 e. The van der Waals surface area contributed by atoms with E-state index in [9.17, 15) is 18.0 Å². The van der Waals surface area contributed by atoms with Crippen LogP contribution in [-0.4, -0.2) is 17.2 Å². The molecule has 0 unspecified atom stereocenters. The van der Waals surface area contributed by atoms with E-state index >= 15 is 0 Å². The van der Waals surface area contributed by atoms with Crippen LogP contribution >= 0.6 is 23.4 Å². The highest BCUT2D eigenvalue weighted by Gasteiger charge is 2.31. The fourth-order valence-corrected chi connectivity index (χ4v) is 2.10. The maximum atomic E-state index is 12.0. The molecular weight excluding hydrogens is 313 g/mol. The number of halogens is 4. The normalized spacial score (nSPS) is 11.8. The third kappa shape index (κ3) is 6.86. The number of hydrogen-bond acceptors (Lipinski definition) is 3. The SMILES string of the molecule is CC(=O)SCCC=Cc1ccc(OC(F)(F)F)cc1Cl. The van der Waals surface area contributed by atoms with E-state index in [1.807, 2.05) is 0 Å². The molecule has 0 aromatic heterocycles. The molecule has 0 spiro atoms. The molecule has 20 heavy (non-hydrogen) atoms. The van der Waals surface area contributed by atoms with E-state index in [0.717, 1.165) is 6.07 Å². The average Bonchev–Trinajstić information content (AvgIpc) is 2.28. The summed E-state index contributed by atoms with van der Waals surface area (Å²) >= 11 is 7.07. The van der Waals surface area contributed by atoms with Crippen LogP contribution in [0.2, 0.25) is 5.02 Å². The van der Waals surface area contributed by atoms with Crippen LogP contribution in [0.5, 0.6) is 5.75 Å². The van der Waals surface area contributed by atoms with E-state index in [1.54, 1.807) is 12.2 Å². The molecule has 1 aromatic carbocycles. The summed E-state index contributed by atoms with van der Waals surface area (Å²) in [5.41, 5.74) is 0.592. The molecule has 7 heteroatoms. The van der Waals surface area contributed by atoms with E-state index in [0.29, 0.717) is 17.7 Å². The van der Waals surface area contributed by atoms with Crippen molar-refractivity contribution in [3.05, 3.63) is 34.9 Å². The molecule has 110 valence electrons. The molecular formula is C13H12ClF3O2S. The summed E-state index contributed by atoms with van der Waals surface area (Å²) in [4.78, 5) is 10.7. The average molecular weight is 325 g/mol. The van der Waals surface area contributed by atoms with Gasteiger partial charge in [-0.25, -0.2) is 0 Å². The van der Waals surface area contributed by atoms with E-state index < -0.39 is 6.36 Å². The molecule has 0 radical (unpaired) electrons. The number of benzene rings is 1. The van der Waals surface area contributed by atoms with Crippen LogP contribution in [0.1, 0.15) is 18.9 Å². The summed E-state index contributed by atoms with van der Waals surface area (Å²) in [6, 6.07) is 3.75. The topological polar surface area (TPSA) is 26.3 Å². The predicted molar refractivity (Wildman–Crippen MR) is 74.9 cm³/mol. The zero-order valence-corrected chi connectivity index (χ0v) is 12.1. The van der Waals surface area contributed by atoms with E-state index in [2.05, 4.69) is 4.74 Å². The molecule has 0 bridgehead atoms. The van der Waals surface area contributed by atoms with Crippen LogP contribution in [0.25, 0.3) is 6.08 Å². The number of hydrogen-bond donors (Lipinski definition) is 0. The van der Waals surface area contributed by atoms with Crippen molar-refractivity contribution >= 4 is 34.6 Å². The zero-order chi connectivity index (χ0) is 15.2. The fraction of sp³-hybridized carbons (Fsp3) is 0.308. The van der Waals surface area contributed by atoms with Gasteiger partial charge in [0.15, 0.2) is 5.12 Å². The monoisotopic (exact) mass is 324 g/mol. The van der Waals surface area contributed by atoms with Crippen LogP contribution < -0.4 is 4.74 Å². The fourth-order valence-electron chi connectivity index (χ4n) is 1.32. The third-order valence-electron chi connectivity index (χ3n) is 2.09. The Bertz CT molecular complexity index is 501. The molecule has 0 aliphatic carbocycles. The third-order valence-corrected chi connectivity index (χ3v) is 3.27. The Labute approximate surface area is 123 Å². The lowest BCUT2D eigenvalue weighted by molar-refractivity contribution is -0.274. The number of ether oxygens (including phenoxy) is 1. The molecule has 0 amide bonds. The van der Waals surface area contributed by atoms with E-state index in [-0.39, 0.29) is 15.9 Å². The predicted octanol–water partition coefficient (Wildman–Crippen LogP) is 4.92. The molecule has 1 rings (SSSR count). The van der Waals surface area contributed by atoms with Crippen molar-refractivity contribution in [2.45, 2.75) is 19.7 Å². The number of rotatable bonds is 5. The van der Waals surface area contributed by atoms with Gasteiger partial charge < -0.3 is 4.74 Å². The first-order chi connectivity index (χ1) is 9.28. The van der Waals surface area contributed by atoms with Gasteiger partial charge in [0.25, 0.3) is 0 Å². The molecule has 0 atom stereocenters. The Morgan fingerprint density at radius 1 is 1.45 bits per heavy atom. The number of carbonyl (C=O) groups excluding carboxylic acids is 1. The Morgan fingerprint density at radius 2 is 2.15 bits per heavy atom. The van der Waals surface area contributed by atoms with Gasteiger partial charge in [-0.2, -0.15) is 0 Å². The first-order valence-corrected chi connectivity index (χ1v) is 6.99. The van der Waals surface area contributed by atoms with Crippen molar-refractivity contribution in [3.8, 4) is 5.75 Å². The van der Waals surface area contributed by atoms with Gasteiger partial charge in [0.2, 0.25) is 0 Å². The molecule has 0 saturated carbocycles. The van der Waals surface area contributed by atoms with Crippen molar-refractivity contribution in [2.75, 3.05) is 5.75 Å². The van der Waals surface area contributed by atoms with Gasteiger partial charge >= 0.3 is 6.36 Å². The molecule has 2 nitrogen and oxygen atoms in total. The Kier molecular flexibility index (Phi) is 6.42. The van der Waals surface area contributed by atoms with Gasteiger partial charge in [-0.15, -0.1) is 13.2 Å². The van der Waals surface area contributed by atoms with Crippen LogP contribution in [-0.2, 0) is 4.79 Å². The number of carbonyl (C=O) groups is 1. The molecule has 0 aliphatic heterocycles. The summed E-state index contributed by atoms with van der Waals surface area (Å²) in [6.45, 7) is 1.49. The van der Waals surface area contributed by atoms with Crippen LogP contribution in [0.3, 0.4) is 0 Å². The Balaban J connectivity index is 2.59. The molecule has 0 fully saturated rings.